The van der Waals surface area contributed by atoms with Crippen molar-refractivity contribution in [3.05, 3.63) is 0 Å². The van der Waals surface area contributed by atoms with Crippen molar-refractivity contribution in [2.45, 2.75) is 50.9 Å². The van der Waals surface area contributed by atoms with Crippen molar-refractivity contribution in [2.75, 3.05) is 6.54 Å². The smallest absolute Gasteiger partial charge is 0.0779 e. The third kappa shape index (κ3) is 1.30. The van der Waals surface area contributed by atoms with Crippen LogP contribution < -0.4 is 5.32 Å². The first-order valence-electron chi connectivity index (χ1n) is 4.63. The normalized spacial score (nSPS) is 42.3. The SMILES string of the molecule is CC(C)O[C@H]1CC12CCCN2. The van der Waals surface area contributed by atoms with Crippen molar-refractivity contribution >= 4 is 0 Å². The van der Waals surface area contributed by atoms with Gasteiger partial charge in [0.25, 0.3) is 0 Å². The summed E-state index contributed by atoms with van der Waals surface area (Å²) in [7, 11) is 0. The summed E-state index contributed by atoms with van der Waals surface area (Å²) >= 11 is 0. The molecule has 1 saturated heterocycles. The second kappa shape index (κ2) is 2.46. The largest absolute Gasteiger partial charge is 0.374 e. The lowest BCUT2D eigenvalue weighted by Crippen LogP contribution is -2.29. The highest BCUT2D eigenvalue weighted by Crippen LogP contribution is 2.45. The van der Waals surface area contributed by atoms with E-state index in [1.165, 1.54) is 25.8 Å². The monoisotopic (exact) mass is 155 g/mol. The Morgan fingerprint density at radius 1 is 1.55 bits per heavy atom. The van der Waals surface area contributed by atoms with Crippen LogP contribution in [0.5, 0.6) is 0 Å². The molecule has 1 aliphatic carbocycles. The molecule has 1 saturated carbocycles. The van der Waals surface area contributed by atoms with Gasteiger partial charge in [-0.2, -0.15) is 0 Å². The Morgan fingerprint density at radius 3 is 2.91 bits per heavy atom. The van der Waals surface area contributed by atoms with E-state index in [4.69, 9.17) is 4.74 Å². The van der Waals surface area contributed by atoms with E-state index in [2.05, 4.69) is 19.2 Å². The average molecular weight is 155 g/mol. The van der Waals surface area contributed by atoms with Gasteiger partial charge in [0.15, 0.2) is 0 Å². The molecule has 2 rings (SSSR count). The van der Waals surface area contributed by atoms with Crippen LogP contribution in [0.15, 0.2) is 0 Å². The van der Waals surface area contributed by atoms with Gasteiger partial charge in [-0.05, 0) is 39.7 Å². The summed E-state index contributed by atoms with van der Waals surface area (Å²) in [6.45, 7) is 5.42. The van der Waals surface area contributed by atoms with E-state index in [1.807, 2.05) is 0 Å². The number of ether oxygens (including phenoxy) is 1. The molecule has 2 atom stereocenters. The van der Waals surface area contributed by atoms with E-state index >= 15 is 0 Å². The molecular formula is C9H17NO. The highest BCUT2D eigenvalue weighted by Gasteiger charge is 2.56. The van der Waals surface area contributed by atoms with Crippen molar-refractivity contribution in [3.63, 3.8) is 0 Å². The summed E-state index contributed by atoms with van der Waals surface area (Å²) in [5.41, 5.74) is 0.421. The van der Waals surface area contributed by atoms with Crippen molar-refractivity contribution in [1.29, 1.82) is 0 Å². The second-order valence-corrected chi connectivity index (χ2v) is 4.06. The van der Waals surface area contributed by atoms with E-state index < -0.39 is 0 Å². The minimum Gasteiger partial charge on any atom is -0.374 e. The zero-order valence-corrected chi connectivity index (χ0v) is 7.39. The van der Waals surface area contributed by atoms with E-state index in [1.54, 1.807) is 0 Å². The topological polar surface area (TPSA) is 21.3 Å². The fraction of sp³-hybridized carbons (Fsp3) is 1.00. The van der Waals surface area contributed by atoms with Crippen molar-refractivity contribution in [1.82, 2.24) is 5.32 Å². The lowest BCUT2D eigenvalue weighted by atomic mass is 10.2. The Morgan fingerprint density at radius 2 is 2.36 bits per heavy atom. The third-order valence-corrected chi connectivity index (χ3v) is 2.72. The molecule has 2 heteroatoms. The van der Waals surface area contributed by atoms with Gasteiger partial charge in [0.1, 0.15) is 0 Å². The number of hydrogen-bond acceptors (Lipinski definition) is 2. The molecule has 0 aromatic rings. The predicted octanol–water partition coefficient (Wildman–Crippen LogP) is 1.31. The first kappa shape index (κ1) is 7.56. The maximum atomic E-state index is 5.74. The molecule has 1 heterocycles. The molecule has 1 N–H and O–H groups in total. The van der Waals surface area contributed by atoms with Gasteiger partial charge in [-0.25, -0.2) is 0 Å². The molecule has 1 unspecified atom stereocenters. The van der Waals surface area contributed by atoms with Crippen molar-refractivity contribution < 1.29 is 4.74 Å². The van der Waals surface area contributed by atoms with E-state index in [0.717, 1.165) is 0 Å². The van der Waals surface area contributed by atoms with E-state index in [9.17, 15) is 0 Å². The molecule has 0 aromatic heterocycles. The molecule has 2 fully saturated rings. The molecule has 11 heavy (non-hydrogen) atoms. The predicted molar refractivity (Wildman–Crippen MR) is 44.6 cm³/mol. The number of hydrogen-bond donors (Lipinski definition) is 1. The van der Waals surface area contributed by atoms with Gasteiger partial charge in [-0.3, -0.25) is 0 Å². The van der Waals surface area contributed by atoms with Gasteiger partial charge in [0.05, 0.1) is 12.2 Å². The molecular weight excluding hydrogens is 138 g/mol. The van der Waals surface area contributed by atoms with Crippen LogP contribution in [0.2, 0.25) is 0 Å². The summed E-state index contributed by atoms with van der Waals surface area (Å²) in [5, 5.41) is 3.54. The van der Waals surface area contributed by atoms with E-state index in [-0.39, 0.29) is 0 Å². The fourth-order valence-corrected chi connectivity index (χ4v) is 2.06. The van der Waals surface area contributed by atoms with Gasteiger partial charge in [-0.1, -0.05) is 0 Å². The fourth-order valence-electron chi connectivity index (χ4n) is 2.06. The maximum absolute atomic E-state index is 5.74. The van der Waals surface area contributed by atoms with Gasteiger partial charge in [-0.15, -0.1) is 0 Å². The number of nitrogens with one attached hydrogen (secondary N) is 1. The Labute approximate surface area is 68.3 Å². The molecule has 64 valence electrons. The minimum atomic E-state index is 0.391. The highest BCUT2D eigenvalue weighted by atomic mass is 16.5. The third-order valence-electron chi connectivity index (χ3n) is 2.72. The average Bonchev–Trinajstić information content (AvgIpc) is 2.43. The Kier molecular flexibility index (Phi) is 1.69. The molecule has 2 aliphatic rings. The highest BCUT2D eigenvalue weighted by molar-refractivity contribution is 5.14. The number of rotatable bonds is 2. The van der Waals surface area contributed by atoms with Crippen LogP contribution in [-0.2, 0) is 4.74 Å². The molecule has 1 spiro atoms. The van der Waals surface area contributed by atoms with Crippen molar-refractivity contribution in [3.8, 4) is 0 Å². The van der Waals surface area contributed by atoms with Crippen LogP contribution in [0.4, 0.5) is 0 Å². The van der Waals surface area contributed by atoms with Crippen LogP contribution in [0.3, 0.4) is 0 Å². The molecule has 0 aromatic carbocycles. The van der Waals surface area contributed by atoms with Gasteiger partial charge >= 0.3 is 0 Å². The summed E-state index contributed by atoms with van der Waals surface area (Å²) in [4.78, 5) is 0. The van der Waals surface area contributed by atoms with Gasteiger partial charge < -0.3 is 10.1 Å². The molecule has 0 amide bonds. The Hall–Kier alpha value is -0.0800. The molecule has 0 radical (unpaired) electrons. The minimum absolute atomic E-state index is 0.391. The van der Waals surface area contributed by atoms with Crippen LogP contribution in [-0.4, -0.2) is 24.3 Å². The molecule has 2 nitrogen and oxygen atoms in total. The zero-order valence-electron chi connectivity index (χ0n) is 7.39. The molecule has 1 aliphatic heterocycles. The van der Waals surface area contributed by atoms with Gasteiger partial charge in [0.2, 0.25) is 0 Å². The van der Waals surface area contributed by atoms with Crippen LogP contribution in [0.25, 0.3) is 0 Å². The molecule has 0 bridgehead atoms. The summed E-state index contributed by atoms with van der Waals surface area (Å²) in [6.07, 6.45) is 4.81. The van der Waals surface area contributed by atoms with Crippen LogP contribution in [0.1, 0.15) is 33.1 Å². The maximum Gasteiger partial charge on any atom is 0.0779 e. The first-order chi connectivity index (χ1) is 5.23. The summed E-state index contributed by atoms with van der Waals surface area (Å²) in [5.74, 6) is 0. The lowest BCUT2D eigenvalue weighted by molar-refractivity contribution is 0.0499. The lowest BCUT2D eigenvalue weighted by Gasteiger charge is -2.11. The van der Waals surface area contributed by atoms with Crippen molar-refractivity contribution in [2.24, 2.45) is 0 Å². The Bertz CT molecular complexity index is 150. The van der Waals surface area contributed by atoms with Crippen LogP contribution >= 0.6 is 0 Å². The quantitative estimate of drug-likeness (QED) is 0.649. The standard InChI is InChI=1S/C9H17NO/c1-7(2)11-8-6-9(8)4-3-5-10-9/h7-8,10H,3-6H2,1-2H3/t8-,9?/m0/s1. The Balaban J connectivity index is 1.84. The van der Waals surface area contributed by atoms with E-state index in [0.29, 0.717) is 17.7 Å². The summed E-state index contributed by atoms with van der Waals surface area (Å²) < 4.78 is 5.74. The summed E-state index contributed by atoms with van der Waals surface area (Å²) in [6, 6.07) is 0. The first-order valence-corrected chi connectivity index (χ1v) is 4.63. The van der Waals surface area contributed by atoms with Crippen LogP contribution in [0, 0.1) is 0 Å². The zero-order chi connectivity index (χ0) is 7.90. The second-order valence-electron chi connectivity index (χ2n) is 4.06. The van der Waals surface area contributed by atoms with Gasteiger partial charge in [0, 0.05) is 5.54 Å².